The zero-order chi connectivity index (χ0) is 23.9. The summed E-state index contributed by atoms with van der Waals surface area (Å²) in [4.78, 5) is 0. The van der Waals surface area contributed by atoms with E-state index in [9.17, 15) is 30.7 Å². The molecule has 0 radical (unpaired) electrons. The first-order valence-electron chi connectivity index (χ1n) is 10.7. The molecule has 0 unspecified atom stereocenters. The summed E-state index contributed by atoms with van der Waals surface area (Å²) < 4.78 is 95.7. The Balaban J connectivity index is 1.64. The third-order valence-corrected chi connectivity index (χ3v) is 6.39. The number of benzene rings is 3. The van der Waals surface area contributed by atoms with E-state index in [0.717, 1.165) is 43.7 Å². The lowest BCUT2D eigenvalue weighted by molar-refractivity contribution is -0.142. The average molecular weight is 466 g/mol. The van der Waals surface area contributed by atoms with Gasteiger partial charge in [-0.25, -0.2) is 17.6 Å². The fourth-order valence-electron chi connectivity index (χ4n) is 4.55. The van der Waals surface area contributed by atoms with E-state index in [0.29, 0.717) is 11.5 Å². The highest BCUT2D eigenvalue weighted by Gasteiger charge is 2.38. The lowest BCUT2D eigenvalue weighted by Crippen LogP contribution is -2.11. The van der Waals surface area contributed by atoms with Gasteiger partial charge in [0.15, 0.2) is 0 Å². The molecule has 0 saturated heterocycles. The summed E-state index contributed by atoms with van der Waals surface area (Å²) in [5, 5.41) is 0. The van der Waals surface area contributed by atoms with Gasteiger partial charge in [-0.3, -0.25) is 0 Å². The molecule has 0 nitrogen and oxygen atoms in total. The van der Waals surface area contributed by atoms with Crippen LogP contribution in [-0.2, 0) is 6.18 Å². The van der Waals surface area contributed by atoms with Gasteiger partial charge in [-0.1, -0.05) is 44.0 Å². The minimum Gasteiger partial charge on any atom is -0.206 e. The number of halogens is 7. The van der Waals surface area contributed by atoms with Gasteiger partial charge < -0.3 is 0 Å². The minimum atomic E-state index is -5.27. The van der Waals surface area contributed by atoms with Crippen LogP contribution in [-0.4, -0.2) is 0 Å². The standard InChI is InChI=1S/C26H21F7/c1-14-2-4-15(5-3-14)16-6-8-17(9-7-16)18-10-20(27)24(21(28)11-18)19-12-22(29)25(23(30)13-19)26(31,32)33/h6-15H,2-5H2,1H3. The topological polar surface area (TPSA) is 0 Å². The van der Waals surface area contributed by atoms with E-state index < -0.39 is 46.1 Å². The second-order valence-electron chi connectivity index (χ2n) is 8.71. The molecule has 0 aromatic heterocycles. The van der Waals surface area contributed by atoms with Crippen molar-refractivity contribution in [2.24, 2.45) is 5.92 Å². The number of hydrogen-bond donors (Lipinski definition) is 0. The lowest BCUT2D eigenvalue weighted by Gasteiger charge is -2.26. The predicted molar refractivity (Wildman–Crippen MR) is 113 cm³/mol. The second-order valence-corrected chi connectivity index (χ2v) is 8.71. The molecule has 3 aromatic rings. The smallest absolute Gasteiger partial charge is 0.206 e. The van der Waals surface area contributed by atoms with E-state index in [-0.39, 0.29) is 17.7 Å². The molecule has 0 spiro atoms. The van der Waals surface area contributed by atoms with Gasteiger partial charge in [-0.15, -0.1) is 0 Å². The summed E-state index contributed by atoms with van der Waals surface area (Å²) in [5.74, 6) is -4.96. The van der Waals surface area contributed by atoms with Crippen molar-refractivity contribution >= 4 is 0 Å². The Hall–Kier alpha value is -2.83. The SMILES string of the molecule is CC1CCC(c2ccc(-c3cc(F)c(-c4cc(F)c(C(F)(F)F)c(F)c4)c(F)c3)cc2)CC1. The van der Waals surface area contributed by atoms with Gasteiger partial charge in [0.1, 0.15) is 28.8 Å². The third-order valence-electron chi connectivity index (χ3n) is 6.39. The van der Waals surface area contributed by atoms with E-state index in [1.165, 1.54) is 5.56 Å². The van der Waals surface area contributed by atoms with E-state index in [4.69, 9.17) is 0 Å². The quantitative estimate of drug-likeness (QED) is 0.338. The first kappa shape index (κ1) is 23.3. The maximum absolute atomic E-state index is 14.8. The van der Waals surface area contributed by atoms with Crippen LogP contribution in [0.25, 0.3) is 22.3 Å². The van der Waals surface area contributed by atoms with Crippen molar-refractivity contribution in [3.63, 3.8) is 0 Å². The number of rotatable bonds is 3. The van der Waals surface area contributed by atoms with Crippen LogP contribution in [0.5, 0.6) is 0 Å². The van der Waals surface area contributed by atoms with E-state index in [1.54, 1.807) is 12.1 Å². The fraction of sp³-hybridized carbons (Fsp3) is 0.308. The van der Waals surface area contributed by atoms with Crippen molar-refractivity contribution in [2.75, 3.05) is 0 Å². The molecular weight excluding hydrogens is 445 g/mol. The van der Waals surface area contributed by atoms with Gasteiger partial charge in [-0.2, -0.15) is 13.2 Å². The van der Waals surface area contributed by atoms with Crippen molar-refractivity contribution in [2.45, 2.75) is 44.7 Å². The Kier molecular flexibility index (Phi) is 6.25. The van der Waals surface area contributed by atoms with Crippen LogP contribution in [0.3, 0.4) is 0 Å². The zero-order valence-electron chi connectivity index (χ0n) is 17.7. The molecule has 1 fully saturated rings. The molecule has 1 aliphatic carbocycles. The normalized spacial score (nSPS) is 19.0. The monoisotopic (exact) mass is 466 g/mol. The molecule has 1 saturated carbocycles. The molecule has 7 heteroatoms. The van der Waals surface area contributed by atoms with Crippen molar-refractivity contribution in [3.8, 4) is 22.3 Å². The molecule has 0 bridgehead atoms. The van der Waals surface area contributed by atoms with Crippen LogP contribution in [0, 0.1) is 29.2 Å². The summed E-state index contributed by atoms with van der Waals surface area (Å²) in [6, 6.07) is 9.96. The highest BCUT2D eigenvalue weighted by molar-refractivity contribution is 5.72. The minimum absolute atomic E-state index is 0.213. The average Bonchev–Trinajstić information content (AvgIpc) is 2.72. The largest absolute Gasteiger partial charge is 0.422 e. The molecule has 0 amide bonds. The molecule has 1 aliphatic rings. The fourth-order valence-corrected chi connectivity index (χ4v) is 4.55. The molecular formula is C26H21F7. The van der Waals surface area contributed by atoms with Crippen LogP contribution in [0.4, 0.5) is 30.7 Å². The highest BCUT2D eigenvalue weighted by Crippen LogP contribution is 2.39. The summed E-state index contributed by atoms with van der Waals surface area (Å²) in [5.41, 5.74) is -1.61. The maximum Gasteiger partial charge on any atom is 0.422 e. The van der Waals surface area contributed by atoms with E-state index in [2.05, 4.69) is 6.92 Å². The van der Waals surface area contributed by atoms with Gasteiger partial charge in [-0.05, 0) is 71.2 Å². The predicted octanol–water partition coefficient (Wildman–Crippen LogP) is 8.89. The first-order valence-corrected chi connectivity index (χ1v) is 10.7. The maximum atomic E-state index is 14.8. The molecule has 0 heterocycles. The molecule has 3 aromatic carbocycles. The van der Waals surface area contributed by atoms with Crippen molar-refractivity contribution in [3.05, 3.63) is 82.9 Å². The van der Waals surface area contributed by atoms with Gasteiger partial charge in [0.2, 0.25) is 0 Å². The molecule has 4 rings (SSSR count). The van der Waals surface area contributed by atoms with Crippen molar-refractivity contribution in [1.82, 2.24) is 0 Å². The molecule has 174 valence electrons. The van der Waals surface area contributed by atoms with E-state index >= 15 is 0 Å². The first-order chi connectivity index (χ1) is 15.5. The Labute approximate surface area is 187 Å². The Morgan fingerprint density at radius 2 is 1.12 bits per heavy atom. The van der Waals surface area contributed by atoms with Gasteiger partial charge in [0, 0.05) is 0 Å². The number of hydrogen-bond acceptors (Lipinski definition) is 0. The Morgan fingerprint density at radius 3 is 1.61 bits per heavy atom. The molecule has 0 aliphatic heterocycles. The molecule has 0 atom stereocenters. The summed E-state index contributed by atoms with van der Waals surface area (Å²) in [6.07, 6.45) is -0.752. The third kappa shape index (κ3) is 4.77. The summed E-state index contributed by atoms with van der Waals surface area (Å²) in [7, 11) is 0. The molecule has 0 N–H and O–H groups in total. The van der Waals surface area contributed by atoms with Gasteiger partial charge >= 0.3 is 6.18 Å². The number of alkyl halides is 3. The Morgan fingerprint density at radius 1 is 0.636 bits per heavy atom. The summed E-state index contributed by atoms with van der Waals surface area (Å²) in [6.45, 7) is 2.24. The van der Waals surface area contributed by atoms with Crippen LogP contribution >= 0.6 is 0 Å². The van der Waals surface area contributed by atoms with Gasteiger partial charge in [0.05, 0.1) is 5.56 Å². The zero-order valence-corrected chi connectivity index (χ0v) is 17.7. The van der Waals surface area contributed by atoms with Crippen LogP contribution in [0.2, 0.25) is 0 Å². The van der Waals surface area contributed by atoms with Crippen LogP contribution in [0.15, 0.2) is 48.5 Å². The van der Waals surface area contributed by atoms with Crippen LogP contribution < -0.4 is 0 Å². The van der Waals surface area contributed by atoms with E-state index in [1.807, 2.05) is 12.1 Å². The van der Waals surface area contributed by atoms with Gasteiger partial charge in [0.25, 0.3) is 0 Å². The molecule has 33 heavy (non-hydrogen) atoms. The highest BCUT2D eigenvalue weighted by atomic mass is 19.4. The van der Waals surface area contributed by atoms with Crippen molar-refractivity contribution < 1.29 is 30.7 Å². The Bertz CT molecular complexity index is 1110. The lowest BCUT2D eigenvalue weighted by atomic mass is 9.79. The second kappa shape index (κ2) is 8.84. The summed E-state index contributed by atoms with van der Waals surface area (Å²) >= 11 is 0. The van der Waals surface area contributed by atoms with Crippen molar-refractivity contribution in [1.29, 1.82) is 0 Å². The van der Waals surface area contributed by atoms with Crippen LogP contribution in [0.1, 0.15) is 49.7 Å².